The van der Waals surface area contributed by atoms with Gasteiger partial charge in [0.25, 0.3) is 0 Å². The molecule has 1 fully saturated rings. The van der Waals surface area contributed by atoms with E-state index in [9.17, 15) is 0 Å². The summed E-state index contributed by atoms with van der Waals surface area (Å²) in [4.78, 5) is 2.54. The van der Waals surface area contributed by atoms with E-state index in [4.69, 9.17) is 4.74 Å². The van der Waals surface area contributed by atoms with Gasteiger partial charge in [0, 0.05) is 18.8 Å². The van der Waals surface area contributed by atoms with Crippen LogP contribution in [0.1, 0.15) is 39.2 Å². The highest BCUT2D eigenvalue weighted by atomic mass is 16.5. The molecule has 0 bridgehead atoms. The number of morpholine rings is 1. The van der Waals surface area contributed by atoms with E-state index in [2.05, 4.69) is 55.3 Å². The van der Waals surface area contributed by atoms with Gasteiger partial charge in [-0.2, -0.15) is 0 Å². The van der Waals surface area contributed by atoms with Crippen molar-refractivity contribution in [2.75, 3.05) is 24.6 Å². The Morgan fingerprint density at radius 2 is 2.10 bits per heavy atom. The molecule has 2 rings (SSSR count). The second kappa shape index (κ2) is 7.65. The number of hydrogen-bond donors (Lipinski definition) is 1. The molecular formula is C17H28N2O. The predicted molar refractivity (Wildman–Crippen MR) is 85.3 cm³/mol. The molecule has 1 aromatic rings. The quantitative estimate of drug-likeness (QED) is 0.808. The molecule has 1 aliphatic heterocycles. The largest absolute Gasteiger partial charge is 0.375 e. The van der Waals surface area contributed by atoms with Gasteiger partial charge in [-0.15, -0.1) is 0 Å². The van der Waals surface area contributed by atoms with Crippen LogP contribution in [0.25, 0.3) is 0 Å². The van der Waals surface area contributed by atoms with Crippen molar-refractivity contribution in [1.29, 1.82) is 0 Å². The van der Waals surface area contributed by atoms with Gasteiger partial charge in [-0.25, -0.2) is 0 Å². The van der Waals surface area contributed by atoms with Crippen LogP contribution in [0.3, 0.4) is 0 Å². The van der Waals surface area contributed by atoms with Crippen LogP contribution in [-0.4, -0.2) is 31.8 Å². The lowest BCUT2D eigenvalue weighted by atomic mass is 10.1. The van der Waals surface area contributed by atoms with Crippen LogP contribution in [-0.2, 0) is 11.3 Å². The standard InChI is InChI=1S/C17H28N2O/c1-4-10-18-11-15-8-6-7-9-17(15)19-12-14(3)20-13-16(19)5-2/h6-9,14,16,18H,4-5,10-13H2,1-3H3. The molecule has 0 aromatic heterocycles. The van der Waals surface area contributed by atoms with Crippen molar-refractivity contribution < 1.29 is 4.74 Å². The first-order valence-electron chi connectivity index (χ1n) is 7.93. The number of benzene rings is 1. The molecular weight excluding hydrogens is 248 g/mol. The van der Waals surface area contributed by atoms with Crippen LogP contribution in [0.15, 0.2) is 24.3 Å². The zero-order chi connectivity index (χ0) is 14.4. The number of ether oxygens (including phenoxy) is 1. The topological polar surface area (TPSA) is 24.5 Å². The summed E-state index contributed by atoms with van der Waals surface area (Å²) < 4.78 is 5.81. The molecule has 3 heteroatoms. The van der Waals surface area contributed by atoms with Crippen molar-refractivity contribution in [1.82, 2.24) is 5.32 Å². The zero-order valence-corrected chi connectivity index (χ0v) is 13.1. The summed E-state index contributed by atoms with van der Waals surface area (Å²) in [5.74, 6) is 0. The van der Waals surface area contributed by atoms with E-state index in [1.165, 1.54) is 17.7 Å². The molecule has 1 aliphatic rings. The lowest BCUT2D eigenvalue weighted by Crippen LogP contribution is -2.49. The maximum atomic E-state index is 5.81. The average Bonchev–Trinajstić information content (AvgIpc) is 2.48. The van der Waals surface area contributed by atoms with Crippen molar-refractivity contribution >= 4 is 5.69 Å². The first-order chi connectivity index (χ1) is 9.76. The summed E-state index contributed by atoms with van der Waals surface area (Å²) in [7, 11) is 0. The van der Waals surface area contributed by atoms with E-state index in [-0.39, 0.29) is 0 Å². The molecule has 0 radical (unpaired) electrons. The first kappa shape index (κ1) is 15.3. The number of anilines is 1. The van der Waals surface area contributed by atoms with Gasteiger partial charge in [0.2, 0.25) is 0 Å². The molecule has 0 amide bonds. The minimum atomic E-state index is 0.314. The fourth-order valence-corrected chi connectivity index (χ4v) is 2.82. The highest BCUT2D eigenvalue weighted by molar-refractivity contribution is 5.55. The van der Waals surface area contributed by atoms with E-state index < -0.39 is 0 Å². The van der Waals surface area contributed by atoms with E-state index in [1.807, 2.05) is 0 Å². The summed E-state index contributed by atoms with van der Waals surface area (Å²) in [5.41, 5.74) is 2.77. The van der Waals surface area contributed by atoms with Crippen molar-refractivity contribution in [3.8, 4) is 0 Å². The summed E-state index contributed by atoms with van der Waals surface area (Å²) in [6, 6.07) is 9.27. The lowest BCUT2D eigenvalue weighted by Gasteiger charge is -2.41. The second-order valence-electron chi connectivity index (χ2n) is 5.66. The molecule has 0 spiro atoms. The molecule has 1 N–H and O–H groups in total. The Morgan fingerprint density at radius 3 is 2.85 bits per heavy atom. The molecule has 112 valence electrons. The Bertz CT molecular complexity index is 408. The highest BCUT2D eigenvalue weighted by Gasteiger charge is 2.26. The van der Waals surface area contributed by atoms with E-state index in [1.54, 1.807) is 0 Å². The van der Waals surface area contributed by atoms with Crippen molar-refractivity contribution in [3.63, 3.8) is 0 Å². The summed E-state index contributed by atoms with van der Waals surface area (Å²) in [6.45, 7) is 10.5. The van der Waals surface area contributed by atoms with Gasteiger partial charge in [0.1, 0.15) is 0 Å². The molecule has 0 aliphatic carbocycles. The fraction of sp³-hybridized carbons (Fsp3) is 0.647. The van der Waals surface area contributed by atoms with Crippen molar-refractivity contribution in [3.05, 3.63) is 29.8 Å². The summed E-state index contributed by atoms with van der Waals surface area (Å²) in [6.07, 6.45) is 2.62. The zero-order valence-electron chi connectivity index (χ0n) is 13.1. The SMILES string of the molecule is CCCNCc1ccccc1N1CC(C)OCC1CC. The molecule has 3 nitrogen and oxygen atoms in total. The Kier molecular flexibility index (Phi) is 5.86. The van der Waals surface area contributed by atoms with Gasteiger partial charge in [0.05, 0.1) is 18.8 Å². The Morgan fingerprint density at radius 1 is 1.30 bits per heavy atom. The van der Waals surface area contributed by atoms with Gasteiger partial charge in [0.15, 0.2) is 0 Å². The Balaban J connectivity index is 2.16. The van der Waals surface area contributed by atoms with Crippen LogP contribution < -0.4 is 10.2 Å². The normalized spacial score (nSPS) is 23.1. The Labute approximate surface area is 123 Å². The van der Waals surface area contributed by atoms with Gasteiger partial charge in [-0.1, -0.05) is 32.0 Å². The Hall–Kier alpha value is -1.06. The number of rotatable bonds is 6. The van der Waals surface area contributed by atoms with Crippen LogP contribution >= 0.6 is 0 Å². The lowest BCUT2D eigenvalue weighted by molar-refractivity contribution is 0.0299. The van der Waals surface area contributed by atoms with E-state index in [0.29, 0.717) is 12.1 Å². The van der Waals surface area contributed by atoms with Gasteiger partial charge in [-0.05, 0) is 37.9 Å². The van der Waals surface area contributed by atoms with Crippen LogP contribution in [0, 0.1) is 0 Å². The van der Waals surface area contributed by atoms with Crippen molar-refractivity contribution in [2.24, 2.45) is 0 Å². The number of hydrogen-bond acceptors (Lipinski definition) is 3. The van der Waals surface area contributed by atoms with Crippen LogP contribution in [0.2, 0.25) is 0 Å². The summed E-state index contributed by atoms with van der Waals surface area (Å²) >= 11 is 0. The predicted octanol–water partition coefficient (Wildman–Crippen LogP) is 3.19. The highest BCUT2D eigenvalue weighted by Crippen LogP contribution is 2.27. The van der Waals surface area contributed by atoms with Gasteiger partial charge in [-0.3, -0.25) is 0 Å². The van der Waals surface area contributed by atoms with Crippen LogP contribution in [0.4, 0.5) is 5.69 Å². The molecule has 2 atom stereocenters. The maximum Gasteiger partial charge on any atom is 0.0723 e. The van der Waals surface area contributed by atoms with Gasteiger partial charge >= 0.3 is 0 Å². The average molecular weight is 276 g/mol. The molecule has 1 heterocycles. The molecule has 1 aromatic carbocycles. The maximum absolute atomic E-state index is 5.81. The van der Waals surface area contributed by atoms with E-state index >= 15 is 0 Å². The van der Waals surface area contributed by atoms with E-state index in [0.717, 1.165) is 32.7 Å². The number of nitrogens with zero attached hydrogens (tertiary/aromatic N) is 1. The fourth-order valence-electron chi connectivity index (χ4n) is 2.82. The number of nitrogens with one attached hydrogen (secondary N) is 1. The third-order valence-electron chi connectivity index (χ3n) is 3.98. The first-order valence-corrected chi connectivity index (χ1v) is 7.93. The minimum Gasteiger partial charge on any atom is -0.375 e. The third-order valence-corrected chi connectivity index (χ3v) is 3.98. The summed E-state index contributed by atoms with van der Waals surface area (Å²) in [5, 5.41) is 3.52. The smallest absolute Gasteiger partial charge is 0.0723 e. The molecule has 2 unspecified atom stereocenters. The second-order valence-corrected chi connectivity index (χ2v) is 5.66. The number of para-hydroxylation sites is 1. The minimum absolute atomic E-state index is 0.314. The third kappa shape index (κ3) is 3.74. The van der Waals surface area contributed by atoms with Gasteiger partial charge < -0.3 is 15.0 Å². The molecule has 0 saturated carbocycles. The van der Waals surface area contributed by atoms with Crippen molar-refractivity contribution in [2.45, 2.75) is 52.3 Å². The molecule has 1 saturated heterocycles. The van der Waals surface area contributed by atoms with Crippen LogP contribution in [0.5, 0.6) is 0 Å². The molecule has 20 heavy (non-hydrogen) atoms. The monoisotopic (exact) mass is 276 g/mol.